The summed E-state index contributed by atoms with van der Waals surface area (Å²) < 4.78 is 1.77. The number of amides is 1. The van der Waals surface area contributed by atoms with E-state index >= 15 is 0 Å². The predicted molar refractivity (Wildman–Crippen MR) is 82.3 cm³/mol. The summed E-state index contributed by atoms with van der Waals surface area (Å²) in [6, 6.07) is 9.79. The van der Waals surface area contributed by atoms with E-state index in [0.717, 1.165) is 17.0 Å². The topological polar surface area (TPSA) is 67.2 Å². The highest BCUT2D eigenvalue weighted by Gasteiger charge is 2.39. The van der Waals surface area contributed by atoms with E-state index in [9.17, 15) is 9.90 Å². The molecule has 1 atom stereocenters. The number of aliphatic hydroxyl groups is 1. The second-order valence-electron chi connectivity index (χ2n) is 5.15. The molecule has 0 saturated carbocycles. The molecule has 1 aromatic carbocycles. The molecule has 1 fully saturated rings. The predicted octanol–water partition coefficient (Wildman–Crippen LogP) is 1.36. The van der Waals surface area contributed by atoms with Crippen molar-refractivity contribution in [2.45, 2.75) is 18.6 Å². The van der Waals surface area contributed by atoms with E-state index in [-0.39, 0.29) is 5.91 Å². The zero-order valence-electron chi connectivity index (χ0n) is 11.5. The lowest BCUT2D eigenvalue weighted by atomic mass is 10.0. The minimum absolute atomic E-state index is 0.292. The molecule has 1 aromatic heterocycles. The van der Waals surface area contributed by atoms with E-state index in [0.29, 0.717) is 18.7 Å². The molecule has 1 aliphatic heterocycles. The normalized spacial score (nSPS) is 21.4. The van der Waals surface area contributed by atoms with Gasteiger partial charge in [-0.05, 0) is 24.3 Å². The van der Waals surface area contributed by atoms with E-state index < -0.39 is 5.60 Å². The Morgan fingerprint density at radius 3 is 2.95 bits per heavy atom. The summed E-state index contributed by atoms with van der Waals surface area (Å²) in [6.45, 7) is 0.374. The second kappa shape index (κ2) is 5.91. The molecule has 5 nitrogen and oxygen atoms in total. The van der Waals surface area contributed by atoms with Crippen molar-refractivity contribution in [1.82, 2.24) is 15.1 Å². The van der Waals surface area contributed by atoms with Gasteiger partial charge in [0.15, 0.2) is 5.60 Å². The molecule has 0 aliphatic carbocycles. The van der Waals surface area contributed by atoms with E-state index in [1.54, 1.807) is 22.6 Å². The number of aromatic nitrogens is 2. The van der Waals surface area contributed by atoms with Crippen molar-refractivity contribution >= 4 is 17.7 Å². The molecule has 1 unspecified atom stereocenters. The van der Waals surface area contributed by atoms with Crippen molar-refractivity contribution in [3.8, 4) is 5.69 Å². The molecule has 110 valence electrons. The summed E-state index contributed by atoms with van der Waals surface area (Å²) in [5.74, 6) is 1.01. The van der Waals surface area contributed by atoms with Gasteiger partial charge in [-0.2, -0.15) is 16.9 Å². The molecule has 1 aliphatic rings. The summed E-state index contributed by atoms with van der Waals surface area (Å²) in [7, 11) is 0. The third kappa shape index (κ3) is 3.11. The van der Waals surface area contributed by atoms with Gasteiger partial charge in [0.2, 0.25) is 0 Å². The van der Waals surface area contributed by atoms with Gasteiger partial charge >= 0.3 is 0 Å². The molecule has 0 spiro atoms. The van der Waals surface area contributed by atoms with Gasteiger partial charge in [0.1, 0.15) is 0 Å². The molecule has 3 rings (SSSR count). The maximum atomic E-state index is 12.0. The molecule has 6 heteroatoms. The van der Waals surface area contributed by atoms with Gasteiger partial charge in [0.05, 0.1) is 11.9 Å². The van der Waals surface area contributed by atoms with Crippen LogP contribution in [0.15, 0.2) is 42.7 Å². The number of rotatable bonds is 4. The van der Waals surface area contributed by atoms with Crippen LogP contribution in [0.25, 0.3) is 5.69 Å². The Morgan fingerprint density at radius 2 is 2.24 bits per heavy atom. The average molecular weight is 303 g/mol. The van der Waals surface area contributed by atoms with Crippen molar-refractivity contribution in [1.29, 1.82) is 0 Å². The van der Waals surface area contributed by atoms with Crippen LogP contribution < -0.4 is 5.32 Å². The third-order valence-electron chi connectivity index (χ3n) is 3.53. The van der Waals surface area contributed by atoms with Crippen LogP contribution in [0.2, 0.25) is 0 Å². The molecule has 0 bridgehead atoms. The van der Waals surface area contributed by atoms with Crippen LogP contribution in [-0.4, -0.2) is 37.9 Å². The molecular formula is C15H17N3O2S. The summed E-state index contributed by atoms with van der Waals surface area (Å²) >= 11 is 1.61. The fraction of sp³-hybridized carbons (Fsp3) is 0.333. The summed E-state index contributed by atoms with van der Waals surface area (Å²) in [5, 5.41) is 17.2. The van der Waals surface area contributed by atoms with E-state index in [1.807, 2.05) is 36.5 Å². The Hall–Kier alpha value is -1.79. The quantitative estimate of drug-likeness (QED) is 0.895. The Morgan fingerprint density at radius 1 is 1.43 bits per heavy atom. The number of carbonyl (C=O) groups excluding carboxylic acids is 1. The lowest BCUT2D eigenvalue weighted by Gasteiger charge is -2.19. The van der Waals surface area contributed by atoms with Crippen molar-refractivity contribution in [2.24, 2.45) is 0 Å². The number of nitrogens with one attached hydrogen (secondary N) is 1. The highest BCUT2D eigenvalue weighted by molar-refractivity contribution is 7.99. The fourth-order valence-corrected chi connectivity index (χ4v) is 3.49. The van der Waals surface area contributed by atoms with Crippen molar-refractivity contribution < 1.29 is 9.90 Å². The zero-order valence-corrected chi connectivity index (χ0v) is 12.3. The van der Waals surface area contributed by atoms with Crippen LogP contribution in [-0.2, 0) is 11.3 Å². The van der Waals surface area contributed by atoms with Gasteiger partial charge < -0.3 is 10.4 Å². The first-order valence-corrected chi connectivity index (χ1v) is 8.00. The van der Waals surface area contributed by atoms with Gasteiger partial charge in [0.25, 0.3) is 5.91 Å². The lowest BCUT2D eigenvalue weighted by Crippen LogP contribution is -2.46. The Kier molecular flexibility index (Phi) is 3.98. The van der Waals surface area contributed by atoms with Crippen molar-refractivity contribution in [3.05, 3.63) is 48.3 Å². The van der Waals surface area contributed by atoms with Crippen LogP contribution in [0.5, 0.6) is 0 Å². The first-order valence-electron chi connectivity index (χ1n) is 6.85. The minimum atomic E-state index is -1.21. The number of para-hydroxylation sites is 1. The second-order valence-corrected chi connectivity index (χ2v) is 6.25. The number of nitrogens with zero attached hydrogens (tertiary/aromatic N) is 2. The van der Waals surface area contributed by atoms with Gasteiger partial charge in [-0.1, -0.05) is 18.2 Å². The van der Waals surface area contributed by atoms with E-state index in [1.165, 1.54) is 0 Å². The summed E-state index contributed by atoms with van der Waals surface area (Å²) in [4.78, 5) is 12.0. The van der Waals surface area contributed by atoms with Crippen LogP contribution >= 0.6 is 11.8 Å². The van der Waals surface area contributed by atoms with Crippen molar-refractivity contribution in [3.63, 3.8) is 0 Å². The Bertz CT molecular complexity index is 621. The number of hydrogen-bond donors (Lipinski definition) is 2. The van der Waals surface area contributed by atoms with Crippen LogP contribution in [0.1, 0.15) is 12.0 Å². The fourth-order valence-electron chi connectivity index (χ4n) is 2.25. The summed E-state index contributed by atoms with van der Waals surface area (Å²) in [6.07, 6.45) is 4.12. The Balaban J connectivity index is 1.62. The number of hydrogen-bond acceptors (Lipinski definition) is 4. The summed E-state index contributed by atoms with van der Waals surface area (Å²) in [5.41, 5.74) is 0.669. The maximum absolute atomic E-state index is 12.0. The lowest BCUT2D eigenvalue weighted by molar-refractivity contribution is -0.137. The number of thioether (sulfide) groups is 1. The van der Waals surface area contributed by atoms with E-state index in [2.05, 4.69) is 10.4 Å². The Labute approximate surface area is 127 Å². The molecule has 21 heavy (non-hydrogen) atoms. The molecule has 2 heterocycles. The molecule has 2 aromatic rings. The average Bonchev–Trinajstić information content (AvgIpc) is 3.15. The maximum Gasteiger partial charge on any atom is 0.253 e. The molecule has 2 N–H and O–H groups in total. The first-order chi connectivity index (χ1) is 10.2. The third-order valence-corrected chi connectivity index (χ3v) is 4.71. The van der Waals surface area contributed by atoms with Crippen LogP contribution in [0, 0.1) is 0 Å². The zero-order chi connectivity index (χ0) is 14.7. The van der Waals surface area contributed by atoms with E-state index in [4.69, 9.17) is 0 Å². The smallest absolute Gasteiger partial charge is 0.253 e. The van der Waals surface area contributed by atoms with Crippen LogP contribution in [0.4, 0.5) is 0 Å². The minimum Gasteiger partial charge on any atom is -0.379 e. The first kappa shape index (κ1) is 14.2. The standard InChI is InChI=1S/C15H17N3O2S/c19-14(15(20)6-7-21-11-15)16-8-12-9-17-18(10-12)13-4-2-1-3-5-13/h1-5,9-10,20H,6-8,11H2,(H,16,19). The molecule has 0 radical (unpaired) electrons. The molecule has 1 amide bonds. The molecule has 1 saturated heterocycles. The van der Waals surface area contributed by atoms with Crippen LogP contribution in [0.3, 0.4) is 0 Å². The highest BCUT2D eigenvalue weighted by Crippen LogP contribution is 2.27. The highest BCUT2D eigenvalue weighted by atomic mass is 32.2. The number of benzene rings is 1. The molecular weight excluding hydrogens is 286 g/mol. The van der Waals surface area contributed by atoms with Crippen molar-refractivity contribution in [2.75, 3.05) is 11.5 Å². The van der Waals surface area contributed by atoms with Gasteiger partial charge in [-0.25, -0.2) is 4.68 Å². The monoisotopic (exact) mass is 303 g/mol. The largest absolute Gasteiger partial charge is 0.379 e. The van der Waals surface area contributed by atoms with Gasteiger partial charge in [-0.15, -0.1) is 0 Å². The number of carbonyl (C=O) groups is 1. The van der Waals surface area contributed by atoms with Gasteiger partial charge in [0, 0.05) is 24.1 Å². The van der Waals surface area contributed by atoms with Gasteiger partial charge in [-0.3, -0.25) is 4.79 Å². The SMILES string of the molecule is O=C(NCc1cnn(-c2ccccc2)c1)C1(O)CCSC1.